The summed E-state index contributed by atoms with van der Waals surface area (Å²) < 4.78 is 15.4. The van der Waals surface area contributed by atoms with Gasteiger partial charge in [-0.2, -0.15) is 0 Å². The van der Waals surface area contributed by atoms with Gasteiger partial charge >= 0.3 is 0 Å². The zero-order valence-electron chi connectivity index (χ0n) is 11.0. The minimum atomic E-state index is -0.632. The van der Waals surface area contributed by atoms with Gasteiger partial charge < -0.3 is 25.3 Å². The maximum Gasteiger partial charge on any atom is 0.255 e. The second kappa shape index (κ2) is 6.48. The van der Waals surface area contributed by atoms with Crippen LogP contribution in [0.15, 0.2) is 12.1 Å². The van der Waals surface area contributed by atoms with E-state index in [1.54, 1.807) is 6.07 Å². The lowest BCUT2D eigenvalue weighted by atomic mass is 10.1. The van der Waals surface area contributed by atoms with Crippen LogP contribution in [0.3, 0.4) is 0 Å². The Morgan fingerprint density at radius 3 is 2.21 bits per heavy atom. The minimum absolute atomic E-state index is 0.224. The fourth-order valence-electron chi connectivity index (χ4n) is 1.54. The standard InChI is InChI=1S/C12H16N2O5/c1-17-8-5-4-7(10(18-2)11(8)19-3)12(16)14-6-9(13)15/h4-5H,6H2,1-3H3,(H2,13,15)(H,14,16). The third-order valence-corrected chi connectivity index (χ3v) is 2.37. The number of carbonyl (C=O) groups is 2. The lowest BCUT2D eigenvalue weighted by Crippen LogP contribution is -2.33. The number of methoxy groups -OCH3 is 3. The molecule has 1 aromatic carbocycles. The average molecular weight is 268 g/mol. The molecule has 0 aromatic heterocycles. The molecule has 3 N–H and O–H groups in total. The summed E-state index contributed by atoms with van der Waals surface area (Å²) in [4.78, 5) is 22.5. The second-order valence-corrected chi connectivity index (χ2v) is 3.53. The highest BCUT2D eigenvalue weighted by Gasteiger charge is 2.20. The molecule has 19 heavy (non-hydrogen) atoms. The van der Waals surface area contributed by atoms with Crippen LogP contribution in [0.25, 0.3) is 0 Å². The lowest BCUT2D eigenvalue weighted by molar-refractivity contribution is -0.117. The van der Waals surface area contributed by atoms with Gasteiger partial charge in [-0.25, -0.2) is 0 Å². The van der Waals surface area contributed by atoms with Crippen LogP contribution >= 0.6 is 0 Å². The fraction of sp³-hybridized carbons (Fsp3) is 0.333. The van der Waals surface area contributed by atoms with Gasteiger partial charge in [-0.15, -0.1) is 0 Å². The molecule has 0 saturated heterocycles. The molecule has 1 aromatic rings. The molecule has 0 fully saturated rings. The number of nitrogens with two attached hydrogens (primary N) is 1. The zero-order valence-corrected chi connectivity index (χ0v) is 11.0. The summed E-state index contributed by atoms with van der Waals surface area (Å²) in [5.41, 5.74) is 5.19. The molecule has 0 bridgehead atoms. The van der Waals surface area contributed by atoms with Crippen molar-refractivity contribution in [2.45, 2.75) is 0 Å². The van der Waals surface area contributed by atoms with Crippen LogP contribution < -0.4 is 25.3 Å². The monoisotopic (exact) mass is 268 g/mol. The van der Waals surface area contributed by atoms with Crippen molar-refractivity contribution < 1.29 is 23.8 Å². The highest BCUT2D eigenvalue weighted by atomic mass is 16.5. The quantitative estimate of drug-likeness (QED) is 0.752. The van der Waals surface area contributed by atoms with Crippen LogP contribution in [-0.2, 0) is 4.79 Å². The Hall–Kier alpha value is -2.44. The fourth-order valence-corrected chi connectivity index (χ4v) is 1.54. The van der Waals surface area contributed by atoms with Crippen molar-refractivity contribution in [3.63, 3.8) is 0 Å². The second-order valence-electron chi connectivity index (χ2n) is 3.53. The molecule has 0 spiro atoms. The summed E-state index contributed by atoms with van der Waals surface area (Å²) in [5, 5.41) is 2.37. The molecule has 0 aliphatic carbocycles. The van der Waals surface area contributed by atoms with Crippen molar-refractivity contribution >= 4 is 11.8 Å². The van der Waals surface area contributed by atoms with Gasteiger partial charge in [0.05, 0.1) is 33.4 Å². The maximum absolute atomic E-state index is 11.9. The number of hydrogen-bond donors (Lipinski definition) is 2. The van der Waals surface area contributed by atoms with E-state index >= 15 is 0 Å². The largest absolute Gasteiger partial charge is 0.493 e. The van der Waals surface area contributed by atoms with E-state index in [0.717, 1.165) is 0 Å². The van der Waals surface area contributed by atoms with E-state index in [-0.39, 0.29) is 17.9 Å². The van der Waals surface area contributed by atoms with Crippen molar-refractivity contribution in [2.75, 3.05) is 27.9 Å². The van der Waals surface area contributed by atoms with Crippen LogP contribution in [-0.4, -0.2) is 39.7 Å². The van der Waals surface area contributed by atoms with Gasteiger partial charge in [-0.1, -0.05) is 0 Å². The number of primary amides is 1. The van der Waals surface area contributed by atoms with Crippen LogP contribution in [0, 0.1) is 0 Å². The van der Waals surface area contributed by atoms with Crippen LogP contribution in [0.2, 0.25) is 0 Å². The molecule has 0 saturated carbocycles. The molecular formula is C12H16N2O5. The summed E-state index contributed by atoms with van der Waals surface area (Å²) in [5.74, 6) is -0.157. The number of amides is 2. The lowest BCUT2D eigenvalue weighted by Gasteiger charge is -2.15. The van der Waals surface area contributed by atoms with E-state index in [1.807, 2.05) is 0 Å². The number of nitrogens with one attached hydrogen (secondary N) is 1. The molecule has 0 radical (unpaired) electrons. The van der Waals surface area contributed by atoms with E-state index in [9.17, 15) is 9.59 Å². The van der Waals surface area contributed by atoms with Crippen LogP contribution in [0.1, 0.15) is 10.4 Å². The number of rotatable bonds is 6. The molecular weight excluding hydrogens is 252 g/mol. The van der Waals surface area contributed by atoms with Crippen molar-refractivity contribution in [1.29, 1.82) is 0 Å². The molecule has 0 aliphatic heterocycles. The Balaban J connectivity index is 3.13. The summed E-state index contributed by atoms with van der Waals surface area (Å²) in [6, 6.07) is 3.08. The van der Waals surface area contributed by atoms with Gasteiger partial charge in [0.2, 0.25) is 11.7 Å². The minimum Gasteiger partial charge on any atom is -0.493 e. The molecule has 1 rings (SSSR count). The predicted molar refractivity (Wildman–Crippen MR) is 67.6 cm³/mol. The van der Waals surface area contributed by atoms with Crippen LogP contribution in [0.4, 0.5) is 0 Å². The van der Waals surface area contributed by atoms with Crippen LogP contribution in [0.5, 0.6) is 17.2 Å². The molecule has 7 heteroatoms. The van der Waals surface area contributed by atoms with Gasteiger partial charge in [-0.3, -0.25) is 9.59 Å². The normalized spacial score (nSPS) is 9.63. The smallest absolute Gasteiger partial charge is 0.255 e. The summed E-state index contributed by atoms with van der Waals surface area (Å²) in [6.07, 6.45) is 0. The van der Waals surface area contributed by atoms with Gasteiger partial charge in [-0.05, 0) is 12.1 Å². The molecule has 0 unspecified atom stereocenters. The maximum atomic E-state index is 11.9. The Morgan fingerprint density at radius 2 is 1.74 bits per heavy atom. The first kappa shape index (κ1) is 14.6. The molecule has 0 aliphatic rings. The van der Waals surface area contributed by atoms with Crippen molar-refractivity contribution in [3.05, 3.63) is 17.7 Å². The van der Waals surface area contributed by atoms with E-state index in [4.69, 9.17) is 19.9 Å². The van der Waals surface area contributed by atoms with E-state index in [0.29, 0.717) is 11.5 Å². The van der Waals surface area contributed by atoms with Crippen molar-refractivity contribution in [3.8, 4) is 17.2 Å². The van der Waals surface area contributed by atoms with Crippen molar-refractivity contribution in [1.82, 2.24) is 5.32 Å². The number of ether oxygens (including phenoxy) is 3. The van der Waals surface area contributed by atoms with Crippen molar-refractivity contribution in [2.24, 2.45) is 5.73 Å². The third kappa shape index (κ3) is 3.27. The molecule has 2 amide bonds. The number of carbonyl (C=O) groups excluding carboxylic acids is 2. The summed E-state index contributed by atoms with van der Waals surface area (Å²) >= 11 is 0. The topological polar surface area (TPSA) is 99.9 Å². The molecule has 7 nitrogen and oxygen atoms in total. The van der Waals surface area contributed by atoms with Gasteiger partial charge in [0.1, 0.15) is 0 Å². The first-order valence-electron chi connectivity index (χ1n) is 5.40. The van der Waals surface area contributed by atoms with E-state index < -0.39 is 11.8 Å². The summed E-state index contributed by atoms with van der Waals surface area (Å²) in [7, 11) is 4.32. The third-order valence-electron chi connectivity index (χ3n) is 2.37. The SMILES string of the molecule is COc1ccc(C(=O)NCC(N)=O)c(OC)c1OC. The Kier molecular flexibility index (Phi) is 4.99. The van der Waals surface area contributed by atoms with E-state index in [2.05, 4.69) is 5.32 Å². The van der Waals surface area contributed by atoms with Gasteiger partial charge in [0.25, 0.3) is 5.91 Å². The van der Waals surface area contributed by atoms with Gasteiger partial charge in [0.15, 0.2) is 11.5 Å². The summed E-state index contributed by atoms with van der Waals surface area (Å²) in [6.45, 7) is -0.254. The first-order chi connectivity index (χ1) is 9.04. The predicted octanol–water partition coefficient (Wildman–Crippen LogP) is -0.0725. The molecule has 0 heterocycles. The highest BCUT2D eigenvalue weighted by molar-refractivity contribution is 5.99. The zero-order chi connectivity index (χ0) is 14.4. The Bertz CT molecular complexity index is 487. The first-order valence-corrected chi connectivity index (χ1v) is 5.40. The Morgan fingerprint density at radius 1 is 1.11 bits per heavy atom. The highest BCUT2D eigenvalue weighted by Crippen LogP contribution is 2.39. The molecule has 104 valence electrons. The van der Waals surface area contributed by atoms with Gasteiger partial charge in [0, 0.05) is 0 Å². The average Bonchev–Trinajstić information content (AvgIpc) is 2.42. The molecule has 0 atom stereocenters. The number of benzene rings is 1. The Labute approximate surface area is 110 Å². The number of hydrogen-bond acceptors (Lipinski definition) is 5. The van der Waals surface area contributed by atoms with E-state index in [1.165, 1.54) is 27.4 Å².